The summed E-state index contributed by atoms with van der Waals surface area (Å²) in [6.07, 6.45) is 0.536. The van der Waals surface area contributed by atoms with Crippen LogP contribution < -0.4 is 5.32 Å². The smallest absolute Gasteiger partial charge is 0.129 e. The van der Waals surface area contributed by atoms with E-state index >= 15 is 0 Å². The van der Waals surface area contributed by atoms with Gasteiger partial charge in [-0.1, -0.05) is 40.9 Å². The molecular formula is C15H13Cl3FN. The third kappa shape index (κ3) is 3.64. The first-order chi connectivity index (χ1) is 9.51. The number of hydrogen-bond donors (Lipinski definition) is 1. The topological polar surface area (TPSA) is 12.0 Å². The summed E-state index contributed by atoms with van der Waals surface area (Å²) in [7, 11) is 1.77. The van der Waals surface area contributed by atoms with Gasteiger partial charge in [0.2, 0.25) is 0 Å². The number of halogens is 4. The van der Waals surface area contributed by atoms with Gasteiger partial charge in [0.15, 0.2) is 0 Å². The Morgan fingerprint density at radius 3 is 2.35 bits per heavy atom. The van der Waals surface area contributed by atoms with Gasteiger partial charge in [-0.05, 0) is 49.4 Å². The largest absolute Gasteiger partial charge is 0.313 e. The molecule has 2 aromatic carbocycles. The van der Waals surface area contributed by atoms with E-state index in [4.69, 9.17) is 34.8 Å². The molecule has 0 spiro atoms. The van der Waals surface area contributed by atoms with Gasteiger partial charge >= 0.3 is 0 Å². The second kappa shape index (κ2) is 6.77. The van der Waals surface area contributed by atoms with E-state index in [2.05, 4.69) is 5.32 Å². The predicted octanol–water partition coefficient (Wildman–Crippen LogP) is 5.29. The fourth-order valence-corrected chi connectivity index (χ4v) is 2.62. The van der Waals surface area contributed by atoms with E-state index in [1.165, 1.54) is 6.07 Å². The molecule has 1 nitrogen and oxygen atoms in total. The SMILES string of the molecule is CNC(Cc1cc(Cl)ccc1Cl)c1ccc(Cl)cc1F. The zero-order valence-electron chi connectivity index (χ0n) is 10.8. The lowest BCUT2D eigenvalue weighted by molar-refractivity contribution is 0.534. The van der Waals surface area contributed by atoms with Crippen LogP contribution in [0.5, 0.6) is 0 Å². The summed E-state index contributed by atoms with van der Waals surface area (Å²) in [5, 5.41) is 4.69. The molecule has 106 valence electrons. The normalized spacial score (nSPS) is 12.4. The van der Waals surface area contributed by atoms with Crippen molar-refractivity contribution in [3.05, 3.63) is 68.4 Å². The van der Waals surface area contributed by atoms with Crippen molar-refractivity contribution in [3.8, 4) is 0 Å². The standard InChI is InChI=1S/C15H13Cl3FN/c1-20-15(12-4-2-11(17)8-14(12)19)7-9-6-10(16)3-5-13(9)18/h2-6,8,15,20H,7H2,1H3. The van der Waals surface area contributed by atoms with Gasteiger partial charge in [0.25, 0.3) is 0 Å². The summed E-state index contributed by atoms with van der Waals surface area (Å²) in [5.41, 5.74) is 1.42. The Balaban J connectivity index is 2.31. The van der Waals surface area contributed by atoms with E-state index in [1.807, 2.05) is 0 Å². The fourth-order valence-electron chi connectivity index (χ4n) is 2.07. The monoisotopic (exact) mass is 331 g/mol. The highest BCUT2D eigenvalue weighted by atomic mass is 35.5. The first-order valence-electron chi connectivity index (χ1n) is 6.07. The van der Waals surface area contributed by atoms with Crippen LogP contribution in [0, 0.1) is 5.82 Å². The number of rotatable bonds is 4. The van der Waals surface area contributed by atoms with E-state index < -0.39 is 0 Å². The van der Waals surface area contributed by atoms with Crippen LogP contribution in [0.15, 0.2) is 36.4 Å². The molecule has 0 bridgehead atoms. The quantitative estimate of drug-likeness (QED) is 0.802. The first-order valence-corrected chi connectivity index (χ1v) is 7.21. The van der Waals surface area contributed by atoms with Gasteiger partial charge < -0.3 is 5.32 Å². The zero-order valence-corrected chi connectivity index (χ0v) is 13.0. The summed E-state index contributed by atoms with van der Waals surface area (Å²) in [6.45, 7) is 0. The molecule has 0 saturated heterocycles. The maximum absolute atomic E-state index is 14.0. The number of hydrogen-bond acceptors (Lipinski definition) is 1. The zero-order chi connectivity index (χ0) is 14.7. The minimum absolute atomic E-state index is 0.205. The van der Waals surface area contributed by atoms with Crippen LogP contribution in [0.4, 0.5) is 4.39 Å². The molecule has 0 saturated carbocycles. The van der Waals surface area contributed by atoms with Gasteiger partial charge in [0.05, 0.1) is 0 Å². The summed E-state index contributed by atoms with van der Waals surface area (Å²) >= 11 is 17.9. The van der Waals surface area contributed by atoms with E-state index in [9.17, 15) is 4.39 Å². The lowest BCUT2D eigenvalue weighted by Gasteiger charge is -2.18. The molecule has 20 heavy (non-hydrogen) atoms. The van der Waals surface area contributed by atoms with E-state index in [-0.39, 0.29) is 11.9 Å². The van der Waals surface area contributed by atoms with E-state index in [0.29, 0.717) is 27.1 Å². The molecule has 0 aliphatic heterocycles. The van der Waals surface area contributed by atoms with E-state index in [1.54, 1.807) is 37.4 Å². The molecule has 0 aromatic heterocycles. The van der Waals surface area contributed by atoms with Crippen molar-refractivity contribution in [3.63, 3.8) is 0 Å². The Morgan fingerprint density at radius 2 is 1.70 bits per heavy atom. The average molecular weight is 333 g/mol. The summed E-state index contributed by atoms with van der Waals surface area (Å²) in [4.78, 5) is 0. The van der Waals surface area contributed by atoms with Gasteiger partial charge in [-0.3, -0.25) is 0 Å². The third-order valence-electron chi connectivity index (χ3n) is 3.12. The van der Waals surface area contributed by atoms with Gasteiger partial charge in [-0.15, -0.1) is 0 Å². The Kier molecular flexibility index (Phi) is 5.28. The molecule has 5 heteroatoms. The van der Waals surface area contributed by atoms with Crippen molar-refractivity contribution < 1.29 is 4.39 Å². The second-order valence-electron chi connectivity index (χ2n) is 4.45. The van der Waals surface area contributed by atoms with Crippen LogP contribution in [-0.2, 0) is 6.42 Å². The van der Waals surface area contributed by atoms with Gasteiger partial charge in [0.1, 0.15) is 5.82 Å². The molecule has 0 amide bonds. The Morgan fingerprint density at radius 1 is 1.05 bits per heavy atom. The average Bonchev–Trinajstić information content (AvgIpc) is 2.40. The lowest BCUT2D eigenvalue weighted by atomic mass is 9.98. The van der Waals surface area contributed by atoms with Crippen molar-refractivity contribution in [2.24, 2.45) is 0 Å². The molecular weight excluding hydrogens is 320 g/mol. The van der Waals surface area contributed by atoms with Crippen molar-refractivity contribution in [1.82, 2.24) is 5.32 Å². The van der Waals surface area contributed by atoms with Crippen LogP contribution in [0.2, 0.25) is 15.1 Å². The van der Waals surface area contributed by atoms with Gasteiger partial charge in [0, 0.05) is 26.7 Å². The van der Waals surface area contributed by atoms with Crippen LogP contribution in [-0.4, -0.2) is 7.05 Å². The lowest BCUT2D eigenvalue weighted by Crippen LogP contribution is -2.20. The van der Waals surface area contributed by atoms with Crippen LogP contribution in [0.1, 0.15) is 17.2 Å². The molecule has 0 heterocycles. The van der Waals surface area contributed by atoms with Crippen molar-refractivity contribution >= 4 is 34.8 Å². The first kappa shape index (κ1) is 15.6. The maximum Gasteiger partial charge on any atom is 0.129 e. The highest BCUT2D eigenvalue weighted by Gasteiger charge is 2.16. The fraction of sp³-hybridized carbons (Fsp3) is 0.200. The highest BCUT2D eigenvalue weighted by Crippen LogP contribution is 2.28. The van der Waals surface area contributed by atoms with Crippen LogP contribution in [0.3, 0.4) is 0 Å². The molecule has 1 N–H and O–H groups in total. The van der Waals surface area contributed by atoms with Crippen molar-refractivity contribution in [1.29, 1.82) is 0 Å². The van der Waals surface area contributed by atoms with E-state index in [0.717, 1.165) is 5.56 Å². The number of likely N-dealkylation sites (N-methyl/N-ethyl adjacent to an activating group) is 1. The number of nitrogens with one attached hydrogen (secondary N) is 1. The molecule has 0 aliphatic carbocycles. The Hall–Kier alpha value is -0.800. The molecule has 0 aliphatic rings. The maximum atomic E-state index is 14.0. The molecule has 0 radical (unpaired) electrons. The summed E-state index contributed by atoms with van der Waals surface area (Å²) in [6, 6.07) is 9.71. The highest BCUT2D eigenvalue weighted by molar-refractivity contribution is 6.33. The number of benzene rings is 2. The predicted molar refractivity (Wildman–Crippen MR) is 83.4 cm³/mol. The molecule has 2 rings (SSSR count). The minimum atomic E-state index is -0.338. The Bertz CT molecular complexity index is 616. The minimum Gasteiger partial charge on any atom is -0.313 e. The van der Waals surface area contributed by atoms with Gasteiger partial charge in [-0.2, -0.15) is 0 Å². The third-order valence-corrected chi connectivity index (χ3v) is 3.96. The molecule has 1 unspecified atom stereocenters. The van der Waals surface area contributed by atoms with Crippen LogP contribution in [0.25, 0.3) is 0 Å². The van der Waals surface area contributed by atoms with Gasteiger partial charge in [-0.25, -0.2) is 4.39 Å². The summed E-state index contributed by atoms with van der Waals surface area (Å²) < 4.78 is 14.0. The molecule has 0 fully saturated rings. The Labute approximate surface area is 132 Å². The summed E-state index contributed by atoms with van der Waals surface area (Å²) in [5.74, 6) is -0.338. The van der Waals surface area contributed by atoms with Crippen molar-refractivity contribution in [2.75, 3.05) is 7.05 Å². The van der Waals surface area contributed by atoms with Crippen molar-refractivity contribution in [2.45, 2.75) is 12.5 Å². The molecule has 1 atom stereocenters. The second-order valence-corrected chi connectivity index (χ2v) is 5.73. The van der Waals surface area contributed by atoms with Crippen LogP contribution >= 0.6 is 34.8 Å². The molecule has 2 aromatic rings.